The van der Waals surface area contributed by atoms with Gasteiger partial charge in [-0.3, -0.25) is 0 Å². The Balaban J connectivity index is 1.30. The first kappa shape index (κ1) is 25.1. The molecule has 1 aromatic rings. The summed E-state index contributed by atoms with van der Waals surface area (Å²) in [5.74, 6) is -1.67. The molecule has 3 aliphatic heterocycles. The number of carbonyl (C=O) groups is 1. The van der Waals surface area contributed by atoms with Crippen LogP contribution in [-0.4, -0.2) is 105 Å². The number of benzene rings is 1. The second-order valence-corrected chi connectivity index (χ2v) is 9.25. The average molecular weight is 508 g/mol. The van der Waals surface area contributed by atoms with Crippen molar-refractivity contribution in [1.29, 1.82) is 0 Å². The zero-order valence-electron chi connectivity index (χ0n) is 18.9. The van der Waals surface area contributed by atoms with Crippen LogP contribution in [0.4, 0.5) is 0 Å². The summed E-state index contributed by atoms with van der Waals surface area (Å²) < 4.78 is 28.3. The van der Waals surface area contributed by atoms with Crippen molar-refractivity contribution in [2.75, 3.05) is 13.2 Å². The van der Waals surface area contributed by atoms with E-state index in [1.807, 2.05) is 0 Å². The van der Waals surface area contributed by atoms with E-state index in [0.29, 0.717) is 5.56 Å². The maximum Gasteiger partial charge on any atom is 0.331 e. The van der Waals surface area contributed by atoms with E-state index in [9.17, 15) is 35.4 Å². The van der Waals surface area contributed by atoms with Crippen molar-refractivity contribution in [2.45, 2.75) is 54.8 Å². The summed E-state index contributed by atoms with van der Waals surface area (Å²) >= 11 is 0. The molecule has 0 radical (unpaired) electrons. The molecule has 12 heteroatoms. The lowest BCUT2D eigenvalue weighted by Gasteiger charge is -2.43. The number of ether oxygens (including phenoxy) is 5. The number of hydrogen-bond donors (Lipinski definition) is 6. The molecule has 3 heterocycles. The van der Waals surface area contributed by atoms with Gasteiger partial charge in [0.15, 0.2) is 6.29 Å². The monoisotopic (exact) mass is 508 g/mol. The van der Waals surface area contributed by atoms with Crippen LogP contribution < -0.4 is 0 Å². The molecule has 196 valence electrons. The van der Waals surface area contributed by atoms with Crippen LogP contribution in [0.15, 0.2) is 42.7 Å². The number of aromatic hydroxyl groups is 1. The number of fused-ring (bicyclic) bond motifs is 3. The van der Waals surface area contributed by atoms with E-state index >= 15 is 0 Å². The summed E-state index contributed by atoms with van der Waals surface area (Å²) in [4.78, 5) is 12.6. The predicted molar refractivity (Wildman–Crippen MR) is 118 cm³/mol. The van der Waals surface area contributed by atoms with E-state index in [2.05, 4.69) is 0 Å². The van der Waals surface area contributed by atoms with E-state index in [1.54, 1.807) is 18.2 Å². The van der Waals surface area contributed by atoms with Crippen LogP contribution in [0.1, 0.15) is 5.56 Å². The zero-order valence-corrected chi connectivity index (χ0v) is 18.9. The van der Waals surface area contributed by atoms with Crippen LogP contribution in [0, 0.1) is 11.8 Å². The summed E-state index contributed by atoms with van der Waals surface area (Å²) in [6.45, 7) is -1.04. The Morgan fingerprint density at radius 2 is 1.81 bits per heavy atom. The topological polar surface area (TPSA) is 188 Å². The molecule has 0 amide bonds. The number of rotatable bonds is 7. The number of carbonyl (C=O) groups excluding carboxylic acids is 1. The number of esters is 1. The molecule has 6 N–H and O–H groups in total. The van der Waals surface area contributed by atoms with Crippen molar-refractivity contribution in [2.24, 2.45) is 11.8 Å². The van der Waals surface area contributed by atoms with Crippen molar-refractivity contribution >= 4 is 12.0 Å². The maximum atomic E-state index is 12.6. The van der Waals surface area contributed by atoms with Crippen molar-refractivity contribution < 1.29 is 59.1 Å². The van der Waals surface area contributed by atoms with Crippen LogP contribution in [0.3, 0.4) is 0 Å². The largest absolute Gasteiger partial charge is 0.508 e. The normalized spacial score (nSPS) is 43.0. The van der Waals surface area contributed by atoms with E-state index in [-0.39, 0.29) is 5.75 Å². The molecule has 1 saturated carbocycles. The third-order valence-electron chi connectivity index (χ3n) is 7.16. The van der Waals surface area contributed by atoms with Gasteiger partial charge < -0.3 is 54.3 Å². The molecule has 0 aromatic heterocycles. The predicted octanol–water partition coefficient (Wildman–Crippen LogP) is -1.62. The molecule has 4 aliphatic rings. The third-order valence-corrected chi connectivity index (χ3v) is 7.16. The fraction of sp³-hybridized carbons (Fsp3) is 0.542. The minimum atomic E-state index is -1.64. The number of phenolic OH excluding ortho intramolecular Hbond substituents is 1. The smallest absolute Gasteiger partial charge is 0.331 e. The summed E-state index contributed by atoms with van der Waals surface area (Å²) in [5, 5.41) is 59.3. The minimum Gasteiger partial charge on any atom is -0.508 e. The number of phenols is 1. The van der Waals surface area contributed by atoms with Gasteiger partial charge in [0.1, 0.15) is 48.0 Å². The van der Waals surface area contributed by atoms with Crippen LogP contribution in [0.25, 0.3) is 6.08 Å². The highest BCUT2D eigenvalue weighted by atomic mass is 16.8. The van der Waals surface area contributed by atoms with Crippen molar-refractivity contribution in [3.05, 3.63) is 48.2 Å². The van der Waals surface area contributed by atoms with Crippen molar-refractivity contribution in [1.82, 2.24) is 0 Å². The summed E-state index contributed by atoms with van der Waals surface area (Å²) in [7, 11) is 0. The van der Waals surface area contributed by atoms with Gasteiger partial charge >= 0.3 is 5.97 Å². The Hall–Kier alpha value is -2.55. The first-order valence-corrected chi connectivity index (χ1v) is 11.5. The molecule has 36 heavy (non-hydrogen) atoms. The van der Waals surface area contributed by atoms with E-state index in [1.165, 1.54) is 30.5 Å². The molecule has 5 rings (SSSR count). The SMILES string of the molecule is O=C(/C=C/c1ccc(O)cc1)O[C@@H]1C2C=CO[C@H](O[C@@H]3O[C@H](CO)[C@@H](O)[C@H](O)[C@H]3O)C2[C@]2(CO)O[C@H]12. The van der Waals surface area contributed by atoms with Crippen molar-refractivity contribution in [3.63, 3.8) is 0 Å². The zero-order chi connectivity index (χ0) is 25.6. The lowest BCUT2D eigenvalue weighted by atomic mass is 9.85. The minimum absolute atomic E-state index is 0.102. The maximum absolute atomic E-state index is 12.6. The highest BCUT2D eigenvalue weighted by Gasteiger charge is 2.77. The van der Waals surface area contributed by atoms with Gasteiger partial charge in [0.25, 0.3) is 0 Å². The molecule has 0 spiro atoms. The molecule has 2 saturated heterocycles. The fourth-order valence-corrected chi connectivity index (χ4v) is 5.21. The first-order chi connectivity index (χ1) is 17.3. The highest BCUT2D eigenvalue weighted by molar-refractivity contribution is 5.87. The molecular formula is C24H28O12. The molecule has 12 nitrogen and oxygen atoms in total. The van der Waals surface area contributed by atoms with E-state index < -0.39 is 85.8 Å². The van der Waals surface area contributed by atoms with Gasteiger partial charge in [-0.25, -0.2) is 4.79 Å². The van der Waals surface area contributed by atoms with Gasteiger partial charge in [0.05, 0.1) is 25.4 Å². The number of epoxide rings is 1. The molecular weight excluding hydrogens is 480 g/mol. The lowest BCUT2D eigenvalue weighted by molar-refractivity contribution is -0.344. The molecule has 11 atom stereocenters. The Kier molecular flexibility index (Phi) is 6.78. The summed E-state index contributed by atoms with van der Waals surface area (Å²) in [5.41, 5.74) is -0.444. The third kappa shape index (κ3) is 4.29. The summed E-state index contributed by atoms with van der Waals surface area (Å²) in [6.07, 6.45) is -4.18. The van der Waals surface area contributed by atoms with Crippen LogP contribution in [-0.2, 0) is 28.5 Å². The lowest BCUT2D eigenvalue weighted by Crippen LogP contribution is -2.60. The van der Waals surface area contributed by atoms with Gasteiger partial charge in [0.2, 0.25) is 6.29 Å². The Labute approximate surface area is 205 Å². The molecule has 1 aromatic carbocycles. The molecule has 3 fully saturated rings. The van der Waals surface area contributed by atoms with E-state index in [0.717, 1.165) is 0 Å². The Morgan fingerprint density at radius 1 is 1.06 bits per heavy atom. The van der Waals surface area contributed by atoms with Gasteiger partial charge in [-0.2, -0.15) is 0 Å². The van der Waals surface area contributed by atoms with Gasteiger partial charge in [-0.05, 0) is 29.8 Å². The fourth-order valence-electron chi connectivity index (χ4n) is 5.21. The number of hydrogen-bond acceptors (Lipinski definition) is 12. The van der Waals surface area contributed by atoms with Crippen molar-refractivity contribution in [3.8, 4) is 5.75 Å². The Morgan fingerprint density at radius 3 is 2.50 bits per heavy atom. The first-order valence-electron chi connectivity index (χ1n) is 11.5. The van der Waals surface area contributed by atoms with Crippen LogP contribution in [0.2, 0.25) is 0 Å². The number of aliphatic hydroxyl groups is 5. The molecule has 0 bridgehead atoms. The van der Waals surface area contributed by atoms with Gasteiger partial charge in [-0.15, -0.1) is 0 Å². The van der Waals surface area contributed by atoms with Crippen LogP contribution >= 0.6 is 0 Å². The van der Waals surface area contributed by atoms with E-state index in [4.69, 9.17) is 23.7 Å². The highest BCUT2D eigenvalue weighted by Crippen LogP contribution is 2.60. The average Bonchev–Trinajstić information content (AvgIpc) is 3.56. The van der Waals surface area contributed by atoms with Crippen LogP contribution in [0.5, 0.6) is 5.75 Å². The summed E-state index contributed by atoms with van der Waals surface area (Å²) in [6, 6.07) is 6.24. The second-order valence-electron chi connectivity index (χ2n) is 9.25. The quantitative estimate of drug-likeness (QED) is 0.141. The molecule has 2 unspecified atom stereocenters. The van der Waals surface area contributed by atoms with Gasteiger partial charge in [0, 0.05) is 12.0 Å². The van der Waals surface area contributed by atoms with Gasteiger partial charge in [-0.1, -0.05) is 12.1 Å². The number of aliphatic hydroxyl groups excluding tert-OH is 5. The molecule has 1 aliphatic carbocycles. The second kappa shape index (κ2) is 9.72. The Bertz CT molecular complexity index is 1010. The standard InChI is InChI=1S/C24H28O12/c25-9-14-17(29)18(30)19(31)23(33-14)35-22-16-13(7-8-32-22)20(21-24(16,10-26)36-21)34-15(28)6-3-11-1-4-12(27)5-2-11/h1-8,13-14,16-23,25-27,29-31H,9-10H2/b6-3+/t13?,14-,16?,17-,18+,19-,20-,21-,22-,23+,24+/m1/s1.